The van der Waals surface area contributed by atoms with Crippen molar-refractivity contribution in [1.29, 1.82) is 0 Å². The molecule has 0 bridgehead atoms. The van der Waals surface area contributed by atoms with Crippen molar-refractivity contribution in [2.75, 3.05) is 26.2 Å². The van der Waals surface area contributed by atoms with Gasteiger partial charge in [-0.15, -0.1) is 0 Å². The average molecular weight is 316 g/mol. The maximum absolute atomic E-state index is 12.5. The predicted octanol–water partition coefficient (Wildman–Crippen LogP) is 1.93. The number of rotatable bonds is 4. The Bertz CT molecular complexity index is 602. The van der Waals surface area contributed by atoms with Crippen molar-refractivity contribution < 1.29 is 4.79 Å². The van der Waals surface area contributed by atoms with Crippen molar-refractivity contribution in [3.8, 4) is 0 Å². The van der Waals surface area contributed by atoms with Gasteiger partial charge in [-0.2, -0.15) is 4.91 Å². The third-order valence-electron chi connectivity index (χ3n) is 4.77. The number of likely N-dealkylation sites (tertiary alicyclic amines) is 1. The summed E-state index contributed by atoms with van der Waals surface area (Å²) in [6.45, 7) is 7.44. The largest absolute Gasteiger partial charge is 0.337 e. The van der Waals surface area contributed by atoms with Crippen LogP contribution in [0.25, 0.3) is 0 Å². The van der Waals surface area contributed by atoms with Crippen LogP contribution in [0.1, 0.15) is 43.1 Å². The predicted molar refractivity (Wildman–Crippen MR) is 88.1 cm³/mol. The number of hydrogen-bond acceptors (Lipinski definition) is 5. The molecule has 0 aliphatic carbocycles. The van der Waals surface area contributed by atoms with Gasteiger partial charge in [0.1, 0.15) is 6.04 Å². The molecular formula is C17H24N4O2. The quantitative estimate of drug-likeness (QED) is 0.796. The Kier molecular flexibility index (Phi) is 4.71. The van der Waals surface area contributed by atoms with Gasteiger partial charge in [0.25, 0.3) is 0 Å². The molecule has 0 radical (unpaired) electrons. The Morgan fingerprint density at radius 3 is 2.91 bits per heavy atom. The number of amides is 1. The fourth-order valence-corrected chi connectivity index (χ4v) is 3.30. The number of nitrogens with zero attached hydrogens (tertiary/aromatic N) is 4. The van der Waals surface area contributed by atoms with Crippen LogP contribution >= 0.6 is 0 Å². The van der Waals surface area contributed by atoms with E-state index in [2.05, 4.69) is 31.2 Å². The van der Waals surface area contributed by atoms with Gasteiger partial charge in [0.2, 0.25) is 5.91 Å². The lowest BCUT2D eigenvalue weighted by Crippen LogP contribution is -2.42. The van der Waals surface area contributed by atoms with Gasteiger partial charge in [0, 0.05) is 44.0 Å². The standard InChI is InChI=1S/C17H24N4O2/c1-12(2)15-4-3-13-9-21(8-6-16(13)18-15)17(22)11-20-7-5-14(10-20)19-23/h3-4,12,14H,5-11H2,1-2H3. The zero-order chi connectivity index (χ0) is 16.4. The molecule has 3 heterocycles. The summed E-state index contributed by atoms with van der Waals surface area (Å²) in [7, 11) is 0. The topological polar surface area (TPSA) is 65.9 Å². The number of carbonyl (C=O) groups excluding carboxylic acids is 1. The van der Waals surface area contributed by atoms with Gasteiger partial charge in [0.05, 0.1) is 6.54 Å². The lowest BCUT2D eigenvalue weighted by molar-refractivity contribution is -0.133. The lowest BCUT2D eigenvalue weighted by atomic mass is 10.0. The van der Waals surface area contributed by atoms with E-state index in [0.717, 1.165) is 42.9 Å². The van der Waals surface area contributed by atoms with Crippen molar-refractivity contribution in [1.82, 2.24) is 14.8 Å². The van der Waals surface area contributed by atoms with E-state index in [0.29, 0.717) is 25.6 Å². The summed E-state index contributed by atoms with van der Waals surface area (Å²) in [6, 6.07) is 4.03. The molecule has 0 saturated carbocycles. The summed E-state index contributed by atoms with van der Waals surface area (Å²) in [6.07, 6.45) is 1.58. The van der Waals surface area contributed by atoms with Crippen LogP contribution in [0.3, 0.4) is 0 Å². The minimum atomic E-state index is -0.150. The molecule has 0 N–H and O–H groups in total. The first kappa shape index (κ1) is 16.1. The van der Waals surface area contributed by atoms with Crippen LogP contribution in [-0.4, -0.2) is 52.9 Å². The number of hydrogen-bond donors (Lipinski definition) is 0. The third-order valence-corrected chi connectivity index (χ3v) is 4.77. The van der Waals surface area contributed by atoms with Crippen molar-refractivity contribution in [2.45, 2.75) is 45.2 Å². The molecule has 6 nitrogen and oxygen atoms in total. The van der Waals surface area contributed by atoms with Gasteiger partial charge in [-0.3, -0.25) is 14.7 Å². The van der Waals surface area contributed by atoms with Gasteiger partial charge in [-0.05, 0) is 24.0 Å². The molecule has 2 aliphatic heterocycles. The van der Waals surface area contributed by atoms with E-state index in [1.165, 1.54) is 0 Å². The fraction of sp³-hybridized carbons (Fsp3) is 0.647. The van der Waals surface area contributed by atoms with Crippen molar-refractivity contribution >= 4 is 5.91 Å². The minimum Gasteiger partial charge on any atom is -0.337 e. The van der Waals surface area contributed by atoms with Crippen LogP contribution < -0.4 is 0 Å². The second kappa shape index (κ2) is 6.74. The Hall–Kier alpha value is -1.82. The van der Waals surface area contributed by atoms with E-state index in [-0.39, 0.29) is 11.9 Å². The van der Waals surface area contributed by atoms with Crippen molar-refractivity contribution in [3.63, 3.8) is 0 Å². The van der Waals surface area contributed by atoms with Gasteiger partial charge < -0.3 is 4.90 Å². The first-order chi connectivity index (χ1) is 11.1. The Balaban J connectivity index is 1.60. The molecule has 124 valence electrons. The number of fused-ring (bicyclic) bond motifs is 1. The highest BCUT2D eigenvalue weighted by Crippen LogP contribution is 2.21. The molecular weight excluding hydrogens is 292 g/mol. The van der Waals surface area contributed by atoms with Gasteiger partial charge >= 0.3 is 0 Å². The van der Waals surface area contributed by atoms with E-state index < -0.39 is 0 Å². The van der Waals surface area contributed by atoms with E-state index in [9.17, 15) is 9.70 Å². The number of pyridine rings is 1. The molecule has 1 atom stereocenters. The van der Waals surface area contributed by atoms with Crippen LogP contribution in [0.15, 0.2) is 17.3 Å². The molecule has 23 heavy (non-hydrogen) atoms. The van der Waals surface area contributed by atoms with E-state index in [4.69, 9.17) is 4.98 Å². The molecule has 1 saturated heterocycles. The van der Waals surface area contributed by atoms with E-state index in [1.807, 2.05) is 9.80 Å². The number of aromatic nitrogens is 1. The molecule has 6 heteroatoms. The molecule has 3 rings (SSSR count). The fourth-order valence-electron chi connectivity index (χ4n) is 3.30. The number of carbonyl (C=O) groups is 1. The van der Waals surface area contributed by atoms with Crippen LogP contribution in [0.5, 0.6) is 0 Å². The monoisotopic (exact) mass is 316 g/mol. The molecule has 0 spiro atoms. The Morgan fingerprint density at radius 1 is 1.39 bits per heavy atom. The smallest absolute Gasteiger partial charge is 0.237 e. The molecule has 1 aromatic heterocycles. The van der Waals surface area contributed by atoms with E-state index >= 15 is 0 Å². The Labute approximate surface area is 136 Å². The van der Waals surface area contributed by atoms with E-state index in [1.54, 1.807) is 0 Å². The lowest BCUT2D eigenvalue weighted by Gasteiger charge is -2.30. The summed E-state index contributed by atoms with van der Waals surface area (Å²) in [5, 5.41) is 3.08. The zero-order valence-corrected chi connectivity index (χ0v) is 13.9. The summed E-state index contributed by atoms with van der Waals surface area (Å²) in [5.41, 5.74) is 3.41. The maximum atomic E-state index is 12.5. The molecule has 1 amide bonds. The molecule has 1 unspecified atom stereocenters. The summed E-state index contributed by atoms with van der Waals surface area (Å²) in [5.74, 6) is 0.560. The highest BCUT2D eigenvalue weighted by Gasteiger charge is 2.28. The van der Waals surface area contributed by atoms with Gasteiger partial charge in [0.15, 0.2) is 0 Å². The van der Waals surface area contributed by atoms with Crippen LogP contribution in [0, 0.1) is 4.91 Å². The molecule has 2 aliphatic rings. The van der Waals surface area contributed by atoms with Crippen LogP contribution in [0.4, 0.5) is 0 Å². The second-order valence-electron chi connectivity index (χ2n) is 6.84. The van der Waals surface area contributed by atoms with Crippen LogP contribution in [0.2, 0.25) is 0 Å². The normalized spacial score (nSPS) is 21.5. The molecule has 1 aromatic rings. The van der Waals surface area contributed by atoms with Gasteiger partial charge in [-0.1, -0.05) is 25.1 Å². The van der Waals surface area contributed by atoms with Crippen molar-refractivity contribution in [3.05, 3.63) is 34.0 Å². The molecule has 1 fully saturated rings. The third kappa shape index (κ3) is 3.58. The minimum absolute atomic E-state index is 0.134. The van der Waals surface area contributed by atoms with Crippen molar-refractivity contribution in [2.24, 2.45) is 5.18 Å². The maximum Gasteiger partial charge on any atom is 0.237 e. The molecule has 0 aromatic carbocycles. The second-order valence-corrected chi connectivity index (χ2v) is 6.84. The number of nitroso groups, excluding NO2 is 1. The summed E-state index contributed by atoms with van der Waals surface area (Å²) in [4.78, 5) is 31.7. The van der Waals surface area contributed by atoms with Crippen LogP contribution in [-0.2, 0) is 17.8 Å². The highest BCUT2D eigenvalue weighted by molar-refractivity contribution is 5.78. The summed E-state index contributed by atoms with van der Waals surface area (Å²) < 4.78 is 0. The summed E-state index contributed by atoms with van der Waals surface area (Å²) >= 11 is 0. The first-order valence-corrected chi connectivity index (χ1v) is 8.38. The van der Waals surface area contributed by atoms with Gasteiger partial charge in [-0.25, -0.2) is 0 Å². The first-order valence-electron chi connectivity index (χ1n) is 8.38. The SMILES string of the molecule is CC(C)c1ccc2c(n1)CCN(C(=O)CN1CCC(N=O)C1)C2. The Morgan fingerprint density at radius 2 is 2.22 bits per heavy atom. The average Bonchev–Trinajstić information content (AvgIpc) is 3.01. The zero-order valence-electron chi connectivity index (χ0n) is 13.9. The highest BCUT2D eigenvalue weighted by atomic mass is 16.3.